The van der Waals surface area contributed by atoms with Crippen molar-refractivity contribution in [2.75, 3.05) is 26.8 Å². The van der Waals surface area contributed by atoms with E-state index in [-0.39, 0.29) is 5.91 Å². The number of methoxy groups -OCH3 is 1. The topological polar surface area (TPSA) is 62.4 Å². The van der Waals surface area contributed by atoms with Crippen molar-refractivity contribution in [2.45, 2.75) is 25.3 Å². The van der Waals surface area contributed by atoms with Gasteiger partial charge in [0.05, 0.1) is 6.61 Å². The second kappa shape index (κ2) is 7.40. The molecule has 0 heterocycles. The van der Waals surface area contributed by atoms with Crippen LogP contribution in [0.15, 0.2) is 0 Å². The molecule has 0 radical (unpaired) electrons. The van der Waals surface area contributed by atoms with Crippen LogP contribution < -0.4 is 16.0 Å². The monoisotopic (exact) mass is 245 g/mol. The van der Waals surface area contributed by atoms with E-state index in [0.29, 0.717) is 37.3 Å². The molecule has 0 aromatic carbocycles. The first-order chi connectivity index (χ1) is 7.72. The molecule has 5 nitrogen and oxygen atoms in total. The van der Waals surface area contributed by atoms with Crippen LogP contribution >= 0.6 is 12.2 Å². The molecule has 0 unspecified atom stereocenters. The van der Waals surface area contributed by atoms with Gasteiger partial charge in [0.25, 0.3) is 0 Å². The maximum absolute atomic E-state index is 11.3. The zero-order valence-electron chi connectivity index (χ0n) is 9.54. The number of nitrogens with one attached hydrogen (secondary N) is 3. The van der Waals surface area contributed by atoms with Gasteiger partial charge >= 0.3 is 0 Å². The molecule has 0 saturated heterocycles. The van der Waals surface area contributed by atoms with Gasteiger partial charge in [-0.25, -0.2) is 0 Å². The van der Waals surface area contributed by atoms with Crippen LogP contribution in [0.1, 0.15) is 19.3 Å². The van der Waals surface area contributed by atoms with E-state index >= 15 is 0 Å². The maximum atomic E-state index is 11.3. The molecule has 1 amide bonds. The van der Waals surface area contributed by atoms with Crippen LogP contribution in [0.2, 0.25) is 0 Å². The van der Waals surface area contributed by atoms with Crippen molar-refractivity contribution >= 4 is 23.2 Å². The van der Waals surface area contributed by atoms with Crippen molar-refractivity contribution in [1.29, 1.82) is 0 Å². The molecule has 0 aromatic heterocycles. The number of hydrogen-bond donors (Lipinski definition) is 3. The minimum Gasteiger partial charge on any atom is -0.383 e. The molecule has 1 saturated carbocycles. The summed E-state index contributed by atoms with van der Waals surface area (Å²) in [6.45, 7) is 1.66. The lowest BCUT2D eigenvalue weighted by Crippen LogP contribution is -2.38. The van der Waals surface area contributed by atoms with Crippen molar-refractivity contribution in [3.63, 3.8) is 0 Å². The Labute approximate surface area is 101 Å². The first-order valence-corrected chi connectivity index (χ1v) is 5.93. The molecule has 1 fully saturated rings. The lowest BCUT2D eigenvalue weighted by molar-refractivity contribution is -0.121. The molecular formula is C10H19N3O2S. The summed E-state index contributed by atoms with van der Waals surface area (Å²) in [6, 6.07) is 0.551. The average Bonchev–Trinajstić information content (AvgIpc) is 3.02. The van der Waals surface area contributed by atoms with Gasteiger partial charge in [0.1, 0.15) is 0 Å². The summed E-state index contributed by atoms with van der Waals surface area (Å²) in [6.07, 6.45) is 2.81. The fourth-order valence-corrected chi connectivity index (χ4v) is 1.40. The van der Waals surface area contributed by atoms with Crippen LogP contribution in [0.5, 0.6) is 0 Å². The Morgan fingerprint density at radius 1 is 1.38 bits per heavy atom. The molecule has 0 bridgehead atoms. The Kier molecular flexibility index (Phi) is 6.10. The fourth-order valence-electron chi connectivity index (χ4n) is 1.13. The smallest absolute Gasteiger partial charge is 0.221 e. The van der Waals surface area contributed by atoms with Crippen molar-refractivity contribution in [3.05, 3.63) is 0 Å². The SMILES string of the molecule is COCCNC(=O)CCNC(=S)NC1CC1. The summed E-state index contributed by atoms with van der Waals surface area (Å²) < 4.78 is 4.82. The average molecular weight is 245 g/mol. The van der Waals surface area contributed by atoms with Gasteiger partial charge in [-0.15, -0.1) is 0 Å². The van der Waals surface area contributed by atoms with Crippen molar-refractivity contribution in [2.24, 2.45) is 0 Å². The Balaban J connectivity index is 1.92. The summed E-state index contributed by atoms with van der Waals surface area (Å²) in [5, 5.41) is 9.54. The largest absolute Gasteiger partial charge is 0.383 e. The predicted molar refractivity (Wildman–Crippen MR) is 66.3 cm³/mol. The Morgan fingerprint density at radius 2 is 2.12 bits per heavy atom. The van der Waals surface area contributed by atoms with Gasteiger partial charge in [-0.1, -0.05) is 0 Å². The molecule has 0 atom stereocenters. The van der Waals surface area contributed by atoms with E-state index in [1.807, 2.05) is 0 Å². The van der Waals surface area contributed by atoms with Crippen LogP contribution in [0, 0.1) is 0 Å². The van der Waals surface area contributed by atoms with Crippen LogP contribution in [0.3, 0.4) is 0 Å². The van der Waals surface area contributed by atoms with Gasteiger partial charge in [-0.2, -0.15) is 0 Å². The molecule has 1 rings (SSSR count). The summed E-state index contributed by atoms with van der Waals surface area (Å²) in [5.41, 5.74) is 0. The molecule has 0 aliphatic heterocycles. The zero-order valence-corrected chi connectivity index (χ0v) is 10.4. The number of rotatable bonds is 7. The zero-order chi connectivity index (χ0) is 11.8. The summed E-state index contributed by atoms with van der Waals surface area (Å²) in [5.74, 6) is 0.0128. The molecule has 6 heteroatoms. The first kappa shape index (κ1) is 13.2. The number of thiocarbonyl (C=S) groups is 1. The molecule has 92 valence electrons. The molecule has 16 heavy (non-hydrogen) atoms. The molecule has 3 N–H and O–H groups in total. The van der Waals surface area contributed by atoms with E-state index in [4.69, 9.17) is 17.0 Å². The summed E-state index contributed by atoms with van der Waals surface area (Å²) >= 11 is 5.05. The third kappa shape index (κ3) is 6.58. The highest BCUT2D eigenvalue weighted by Crippen LogP contribution is 2.18. The number of ether oxygens (including phenoxy) is 1. The number of carbonyl (C=O) groups is 1. The van der Waals surface area contributed by atoms with E-state index < -0.39 is 0 Å². The Bertz CT molecular complexity index is 244. The second-order valence-corrected chi connectivity index (χ2v) is 4.18. The number of hydrogen-bond acceptors (Lipinski definition) is 3. The van der Waals surface area contributed by atoms with Gasteiger partial charge in [0, 0.05) is 32.7 Å². The quantitative estimate of drug-likeness (QED) is 0.427. The Morgan fingerprint density at radius 3 is 2.75 bits per heavy atom. The second-order valence-electron chi connectivity index (χ2n) is 3.77. The van der Waals surface area contributed by atoms with Crippen molar-refractivity contribution in [3.8, 4) is 0 Å². The Hall–Kier alpha value is -0.880. The first-order valence-electron chi connectivity index (χ1n) is 5.52. The van der Waals surface area contributed by atoms with Crippen LogP contribution in [0.4, 0.5) is 0 Å². The highest BCUT2D eigenvalue weighted by Gasteiger charge is 2.21. The normalized spacial score (nSPS) is 14.3. The fraction of sp³-hybridized carbons (Fsp3) is 0.800. The number of amides is 1. The van der Waals surface area contributed by atoms with E-state index in [2.05, 4.69) is 16.0 Å². The predicted octanol–water partition coefficient (Wildman–Crippen LogP) is -0.234. The summed E-state index contributed by atoms with van der Waals surface area (Å²) in [7, 11) is 1.61. The van der Waals surface area contributed by atoms with E-state index in [9.17, 15) is 4.79 Å². The summed E-state index contributed by atoms with van der Waals surface area (Å²) in [4.78, 5) is 11.3. The van der Waals surface area contributed by atoms with Crippen LogP contribution in [-0.4, -0.2) is 43.9 Å². The van der Waals surface area contributed by atoms with Crippen molar-refractivity contribution < 1.29 is 9.53 Å². The third-order valence-electron chi connectivity index (χ3n) is 2.18. The van der Waals surface area contributed by atoms with Gasteiger partial charge < -0.3 is 20.7 Å². The maximum Gasteiger partial charge on any atom is 0.221 e. The van der Waals surface area contributed by atoms with Gasteiger partial charge in [-0.05, 0) is 25.1 Å². The van der Waals surface area contributed by atoms with Gasteiger partial charge in [-0.3, -0.25) is 4.79 Å². The van der Waals surface area contributed by atoms with Gasteiger partial charge in [0.2, 0.25) is 5.91 Å². The van der Waals surface area contributed by atoms with Gasteiger partial charge in [0.15, 0.2) is 5.11 Å². The molecule has 1 aliphatic rings. The minimum absolute atomic E-state index is 0.0128. The van der Waals surface area contributed by atoms with Crippen molar-refractivity contribution in [1.82, 2.24) is 16.0 Å². The standard InChI is InChI=1S/C10H19N3O2S/c1-15-7-6-11-9(14)4-5-12-10(16)13-8-2-3-8/h8H,2-7H2,1H3,(H,11,14)(H2,12,13,16). The molecule has 0 spiro atoms. The lowest BCUT2D eigenvalue weighted by atomic mass is 10.4. The minimum atomic E-state index is 0.0128. The third-order valence-corrected chi connectivity index (χ3v) is 2.44. The van der Waals surface area contributed by atoms with E-state index in [1.54, 1.807) is 7.11 Å². The van der Waals surface area contributed by atoms with Crippen LogP contribution in [0.25, 0.3) is 0 Å². The molecule has 1 aliphatic carbocycles. The molecule has 0 aromatic rings. The highest BCUT2D eigenvalue weighted by molar-refractivity contribution is 7.80. The van der Waals surface area contributed by atoms with E-state index in [1.165, 1.54) is 12.8 Å². The number of carbonyl (C=O) groups excluding carboxylic acids is 1. The molecular weight excluding hydrogens is 226 g/mol. The lowest BCUT2D eigenvalue weighted by Gasteiger charge is -2.09. The van der Waals surface area contributed by atoms with E-state index in [0.717, 1.165) is 0 Å². The van der Waals surface area contributed by atoms with Crippen LogP contribution in [-0.2, 0) is 9.53 Å². The highest BCUT2D eigenvalue weighted by atomic mass is 32.1.